The van der Waals surface area contributed by atoms with Gasteiger partial charge in [0.25, 0.3) is 0 Å². The zero-order valence-corrected chi connectivity index (χ0v) is 11.2. The van der Waals surface area contributed by atoms with Gasteiger partial charge in [0, 0.05) is 6.08 Å². The van der Waals surface area contributed by atoms with Gasteiger partial charge in [0.2, 0.25) is 0 Å². The van der Waals surface area contributed by atoms with Crippen molar-refractivity contribution in [3.63, 3.8) is 0 Å². The number of nitrogens with zero attached hydrogens (tertiary/aromatic N) is 3. The first-order valence-electron chi connectivity index (χ1n) is 7.11. The minimum Gasteiger partial charge on any atom is -0.451 e. The summed E-state index contributed by atoms with van der Waals surface area (Å²) in [5.74, 6) is 0. The fourth-order valence-corrected chi connectivity index (χ4v) is 3.47. The summed E-state index contributed by atoms with van der Waals surface area (Å²) in [7, 11) is 0. The molecule has 0 saturated heterocycles. The minimum absolute atomic E-state index is 0.333. The highest BCUT2D eigenvalue weighted by atomic mass is 16.5. The lowest BCUT2D eigenvalue weighted by atomic mass is 9.82. The minimum atomic E-state index is -0.333. The lowest BCUT2D eigenvalue weighted by Crippen LogP contribution is -2.36. The van der Waals surface area contributed by atoms with Crippen LogP contribution in [0.5, 0.6) is 6.01 Å². The Hall–Kier alpha value is -2.28. The molecule has 1 spiro atoms. The molecule has 2 aliphatic rings. The highest BCUT2D eigenvalue weighted by Crippen LogP contribution is 2.47. The molecule has 4 heteroatoms. The summed E-state index contributed by atoms with van der Waals surface area (Å²) in [5.41, 5.74) is 2.56. The van der Waals surface area contributed by atoms with E-state index in [1.807, 2.05) is 28.8 Å². The van der Waals surface area contributed by atoms with E-state index in [-0.39, 0.29) is 5.60 Å². The zero-order valence-electron chi connectivity index (χ0n) is 11.2. The van der Waals surface area contributed by atoms with E-state index < -0.39 is 0 Å². The molecule has 0 unspecified atom stereocenters. The summed E-state index contributed by atoms with van der Waals surface area (Å²) in [5, 5.41) is 9.16. The second-order valence-electron chi connectivity index (χ2n) is 5.53. The van der Waals surface area contributed by atoms with Crippen LogP contribution in [0.4, 0.5) is 0 Å². The van der Waals surface area contributed by atoms with Gasteiger partial charge in [-0.3, -0.25) is 4.57 Å². The van der Waals surface area contributed by atoms with Crippen LogP contribution < -0.4 is 4.74 Å². The normalized spacial score (nSPS) is 21.9. The molecule has 4 rings (SSSR count). The van der Waals surface area contributed by atoms with Gasteiger partial charge in [-0.2, -0.15) is 10.2 Å². The molecular weight excluding hydrogens is 250 g/mol. The van der Waals surface area contributed by atoms with Crippen LogP contribution in [0.1, 0.15) is 32.1 Å². The van der Waals surface area contributed by atoms with E-state index in [4.69, 9.17) is 10.00 Å². The highest BCUT2D eigenvalue weighted by Gasteiger charge is 2.46. The highest BCUT2D eigenvalue weighted by molar-refractivity contribution is 5.84. The monoisotopic (exact) mass is 265 g/mol. The van der Waals surface area contributed by atoms with Gasteiger partial charge < -0.3 is 4.74 Å². The average molecular weight is 265 g/mol. The molecule has 100 valence electrons. The summed E-state index contributed by atoms with van der Waals surface area (Å²) in [4.78, 5) is 4.57. The van der Waals surface area contributed by atoms with Crippen molar-refractivity contribution in [2.45, 2.75) is 37.7 Å². The lowest BCUT2D eigenvalue weighted by molar-refractivity contribution is 0.0964. The zero-order chi connectivity index (χ0) is 13.6. The molecule has 1 fully saturated rings. The standard InChI is InChI=1S/C16H15N3O/c17-11-8-14-16(9-4-1-5-10-16)20-15-18-12-6-2-3-7-13(12)19(14)15/h2-3,6-8H,1,4-5,9-10H2. The molecule has 1 aromatic carbocycles. The van der Waals surface area contributed by atoms with Gasteiger partial charge in [0.1, 0.15) is 0 Å². The molecule has 1 saturated carbocycles. The Morgan fingerprint density at radius 1 is 1.25 bits per heavy atom. The molecule has 2 aromatic rings. The molecule has 1 aliphatic carbocycles. The van der Waals surface area contributed by atoms with Gasteiger partial charge >= 0.3 is 6.01 Å². The number of ether oxygens (including phenoxy) is 1. The Kier molecular flexibility index (Phi) is 2.37. The SMILES string of the molecule is N#CC=C1n2c(nc3ccccc32)OC12CCCCC2. The molecule has 0 N–H and O–H groups in total. The number of aromatic nitrogens is 2. The van der Waals surface area contributed by atoms with Crippen LogP contribution in [-0.4, -0.2) is 15.2 Å². The number of hydrogen-bond donors (Lipinski definition) is 0. The first-order valence-corrected chi connectivity index (χ1v) is 7.11. The van der Waals surface area contributed by atoms with Gasteiger partial charge in [0.05, 0.1) is 22.8 Å². The van der Waals surface area contributed by atoms with Gasteiger partial charge in [-0.15, -0.1) is 0 Å². The third-order valence-corrected chi connectivity index (χ3v) is 4.39. The molecule has 0 radical (unpaired) electrons. The van der Waals surface area contributed by atoms with Crippen LogP contribution in [0, 0.1) is 11.3 Å². The Morgan fingerprint density at radius 3 is 2.85 bits per heavy atom. The van der Waals surface area contributed by atoms with E-state index in [0.29, 0.717) is 6.01 Å². The molecular formula is C16H15N3O. The number of fused-ring (bicyclic) bond motifs is 3. The fraction of sp³-hybridized carbons (Fsp3) is 0.375. The third-order valence-electron chi connectivity index (χ3n) is 4.39. The second kappa shape index (κ2) is 4.11. The van der Waals surface area contributed by atoms with Crippen molar-refractivity contribution < 1.29 is 4.74 Å². The maximum absolute atomic E-state index is 9.16. The van der Waals surface area contributed by atoms with E-state index in [9.17, 15) is 0 Å². The van der Waals surface area contributed by atoms with Crippen LogP contribution in [0.15, 0.2) is 30.3 Å². The number of allylic oxidation sites excluding steroid dienone is 1. The number of hydrogen-bond acceptors (Lipinski definition) is 3. The Balaban J connectivity index is 1.94. The van der Waals surface area contributed by atoms with Crippen LogP contribution in [0.3, 0.4) is 0 Å². The molecule has 0 amide bonds. The van der Waals surface area contributed by atoms with Crippen LogP contribution in [-0.2, 0) is 0 Å². The topological polar surface area (TPSA) is 50.8 Å². The number of nitriles is 1. The van der Waals surface area contributed by atoms with Crippen molar-refractivity contribution in [2.75, 3.05) is 0 Å². The van der Waals surface area contributed by atoms with Crippen molar-refractivity contribution in [1.29, 1.82) is 5.26 Å². The molecule has 1 aromatic heterocycles. The van der Waals surface area contributed by atoms with Gasteiger partial charge in [-0.1, -0.05) is 18.6 Å². The van der Waals surface area contributed by atoms with Gasteiger partial charge in [-0.05, 0) is 37.8 Å². The third kappa shape index (κ3) is 1.44. The molecule has 0 bridgehead atoms. The predicted octanol–water partition coefficient (Wildman–Crippen LogP) is 3.50. The smallest absolute Gasteiger partial charge is 0.302 e. The van der Waals surface area contributed by atoms with Crippen LogP contribution in [0.25, 0.3) is 16.7 Å². The number of imidazole rings is 1. The van der Waals surface area contributed by atoms with E-state index in [2.05, 4.69) is 11.1 Å². The van der Waals surface area contributed by atoms with E-state index >= 15 is 0 Å². The molecule has 20 heavy (non-hydrogen) atoms. The maximum Gasteiger partial charge on any atom is 0.302 e. The molecule has 1 aliphatic heterocycles. The summed E-state index contributed by atoms with van der Waals surface area (Å²) in [6, 6.07) is 10.8. The first kappa shape index (κ1) is 11.5. The largest absolute Gasteiger partial charge is 0.451 e. The number of benzene rings is 1. The first-order chi connectivity index (χ1) is 9.84. The maximum atomic E-state index is 9.16. The summed E-state index contributed by atoms with van der Waals surface area (Å²) >= 11 is 0. The van der Waals surface area contributed by atoms with Gasteiger partial charge in [-0.25, -0.2) is 0 Å². The van der Waals surface area contributed by atoms with Crippen molar-refractivity contribution in [1.82, 2.24) is 9.55 Å². The van der Waals surface area contributed by atoms with E-state index in [1.54, 1.807) is 6.08 Å². The van der Waals surface area contributed by atoms with Crippen molar-refractivity contribution in [3.8, 4) is 12.1 Å². The van der Waals surface area contributed by atoms with E-state index in [1.165, 1.54) is 6.42 Å². The fourth-order valence-electron chi connectivity index (χ4n) is 3.47. The Morgan fingerprint density at radius 2 is 2.05 bits per heavy atom. The average Bonchev–Trinajstić information content (AvgIpc) is 2.95. The quantitative estimate of drug-likeness (QED) is 0.685. The summed E-state index contributed by atoms with van der Waals surface area (Å²) < 4.78 is 8.24. The van der Waals surface area contributed by atoms with Crippen molar-refractivity contribution in [2.24, 2.45) is 0 Å². The van der Waals surface area contributed by atoms with Gasteiger partial charge in [0.15, 0.2) is 5.60 Å². The van der Waals surface area contributed by atoms with Crippen LogP contribution >= 0.6 is 0 Å². The number of rotatable bonds is 0. The molecule has 2 heterocycles. The second-order valence-corrected chi connectivity index (χ2v) is 5.53. The molecule has 0 atom stereocenters. The van der Waals surface area contributed by atoms with Crippen molar-refractivity contribution in [3.05, 3.63) is 30.3 Å². The lowest BCUT2D eigenvalue weighted by Gasteiger charge is -2.32. The summed E-state index contributed by atoms with van der Waals surface area (Å²) in [6.07, 6.45) is 7.11. The van der Waals surface area contributed by atoms with E-state index in [0.717, 1.165) is 42.4 Å². The molecule has 4 nitrogen and oxygen atoms in total. The Bertz CT molecular complexity index is 745. The predicted molar refractivity (Wildman–Crippen MR) is 76.1 cm³/mol. The van der Waals surface area contributed by atoms with Crippen LogP contribution in [0.2, 0.25) is 0 Å². The van der Waals surface area contributed by atoms with Crippen molar-refractivity contribution >= 4 is 16.7 Å². The summed E-state index contributed by atoms with van der Waals surface area (Å²) in [6.45, 7) is 0. The Labute approximate surface area is 117 Å². The number of para-hydroxylation sites is 2.